The molecule has 0 aliphatic carbocycles. The van der Waals surface area contributed by atoms with Crippen LogP contribution in [0.3, 0.4) is 0 Å². The van der Waals surface area contributed by atoms with Crippen LogP contribution in [-0.4, -0.2) is 34.5 Å². The minimum Gasteiger partial charge on any atom is -0.461 e. The fraction of sp³-hybridized carbons (Fsp3) is 0.565. The van der Waals surface area contributed by atoms with Gasteiger partial charge in [-0.1, -0.05) is 52.0 Å². The summed E-state index contributed by atoms with van der Waals surface area (Å²) in [5, 5.41) is 3.41. The molecule has 2 heterocycles. The molecule has 1 aromatic heterocycles. The predicted octanol–water partition coefficient (Wildman–Crippen LogP) is 4.18. The van der Waals surface area contributed by atoms with E-state index in [1.54, 1.807) is 10.8 Å². The van der Waals surface area contributed by atoms with Crippen LogP contribution >= 0.6 is 0 Å². The molecule has 1 fully saturated rings. The normalized spacial score (nSPS) is 16.5. The monoisotopic (exact) mass is 383 g/mol. The maximum Gasteiger partial charge on any atom is 0.296 e. The van der Waals surface area contributed by atoms with Gasteiger partial charge in [0.05, 0.1) is 6.20 Å². The summed E-state index contributed by atoms with van der Waals surface area (Å²) >= 11 is 0. The lowest BCUT2D eigenvalue weighted by molar-refractivity contribution is 0.0602. The van der Waals surface area contributed by atoms with Crippen LogP contribution in [0.2, 0.25) is 0 Å². The number of imidazole rings is 1. The second-order valence-corrected chi connectivity index (χ2v) is 8.50. The van der Waals surface area contributed by atoms with E-state index in [0.29, 0.717) is 35.0 Å². The van der Waals surface area contributed by atoms with Crippen molar-refractivity contribution in [1.82, 2.24) is 14.9 Å². The number of piperidine rings is 1. The quantitative estimate of drug-likeness (QED) is 0.729. The van der Waals surface area contributed by atoms with Crippen molar-refractivity contribution in [2.24, 2.45) is 18.9 Å². The summed E-state index contributed by atoms with van der Waals surface area (Å²) in [6, 6.07) is 8.38. The number of nitrogens with one attached hydrogen (secondary N) is 1. The molecule has 3 rings (SSSR count). The molecule has 1 N–H and O–H groups in total. The third-order valence-electron chi connectivity index (χ3n) is 5.76. The van der Waals surface area contributed by atoms with Gasteiger partial charge >= 0.3 is 0 Å². The topological polar surface area (TPSA) is 56.1 Å². The highest BCUT2D eigenvalue weighted by Gasteiger charge is 2.29. The van der Waals surface area contributed by atoms with E-state index in [-0.39, 0.29) is 11.9 Å². The van der Waals surface area contributed by atoms with E-state index in [1.807, 2.05) is 31.3 Å². The van der Waals surface area contributed by atoms with Crippen LogP contribution in [0.5, 0.6) is 6.01 Å². The predicted molar refractivity (Wildman–Crippen MR) is 112 cm³/mol. The third-order valence-corrected chi connectivity index (χ3v) is 5.76. The number of hydrogen-bond acceptors (Lipinski definition) is 4. The molecule has 5 heteroatoms. The summed E-state index contributed by atoms with van der Waals surface area (Å²) in [7, 11) is 1.86. The van der Waals surface area contributed by atoms with Crippen LogP contribution in [0.25, 0.3) is 0 Å². The largest absolute Gasteiger partial charge is 0.461 e. The van der Waals surface area contributed by atoms with Crippen LogP contribution in [0, 0.1) is 11.8 Å². The van der Waals surface area contributed by atoms with Crippen LogP contribution in [0.15, 0.2) is 30.5 Å². The van der Waals surface area contributed by atoms with E-state index >= 15 is 0 Å². The Morgan fingerprint density at radius 1 is 1.14 bits per heavy atom. The second kappa shape index (κ2) is 8.91. The smallest absolute Gasteiger partial charge is 0.296 e. The first-order valence-corrected chi connectivity index (χ1v) is 10.4. The molecule has 1 atom stereocenters. The zero-order chi connectivity index (χ0) is 20.3. The van der Waals surface area contributed by atoms with Crippen LogP contribution < -0.4 is 10.1 Å². The number of ketones is 1. The Morgan fingerprint density at radius 3 is 2.36 bits per heavy atom. The zero-order valence-corrected chi connectivity index (χ0v) is 17.7. The summed E-state index contributed by atoms with van der Waals surface area (Å²) in [5.74, 6) is 1.33. The van der Waals surface area contributed by atoms with E-state index in [9.17, 15) is 4.79 Å². The number of carbonyl (C=O) groups is 1. The summed E-state index contributed by atoms with van der Waals surface area (Å²) in [6.45, 7) is 10.8. The van der Waals surface area contributed by atoms with Crippen LogP contribution in [0.1, 0.15) is 68.1 Å². The molecular weight excluding hydrogens is 350 g/mol. The number of aromatic nitrogens is 2. The number of hydrogen-bond donors (Lipinski definition) is 1. The SMILES string of the molecule is CC(C)c1ccc(C(=O)c2cnc(OC(C(C)C)C3CCNCC3)n2C)cc1. The van der Waals surface area contributed by atoms with Crippen LogP contribution in [-0.2, 0) is 7.05 Å². The lowest BCUT2D eigenvalue weighted by Crippen LogP contribution is -2.40. The lowest BCUT2D eigenvalue weighted by atomic mass is 9.86. The molecule has 1 unspecified atom stereocenters. The van der Waals surface area contributed by atoms with Gasteiger partial charge in [0.25, 0.3) is 6.01 Å². The third kappa shape index (κ3) is 4.46. The van der Waals surface area contributed by atoms with Gasteiger partial charge in [-0.05, 0) is 49.2 Å². The van der Waals surface area contributed by atoms with Gasteiger partial charge in [-0.2, -0.15) is 0 Å². The van der Waals surface area contributed by atoms with Gasteiger partial charge in [0.1, 0.15) is 11.8 Å². The molecular formula is C23H33N3O2. The summed E-state index contributed by atoms with van der Waals surface area (Å²) < 4.78 is 8.12. The van der Waals surface area contributed by atoms with Gasteiger partial charge in [0, 0.05) is 12.6 Å². The molecule has 1 aliphatic heterocycles. The summed E-state index contributed by atoms with van der Waals surface area (Å²) in [6.07, 6.45) is 3.97. The van der Waals surface area contributed by atoms with Crippen molar-refractivity contribution >= 4 is 5.78 Å². The Morgan fingerprint density at radius 2 is 1.79 bits per heavy atom. The number of carbonyl (C=O) groups excluding carboxylic acids is 1. The van der Waals surface area contributed by atoms with Crippen molar-refractivity contribution in [1.29, 1.82) is 0 Å². The standard InChI is InChI=1S/C23H33N3O2/c1-15(2)17-6-8-18(9-7-17)21(27)20-14-25-23(26(20)5)28-22(16(3)4)19-10-12-24-13-11-19/h6-9,14-16,19,22,24H,10-13H2,1-5H3. The minimum absolute atomic E-state index is 0.0249. The van der Waals surface area contributed by atoms with Gasteiger partial charge in [0.2, 0.25) is 5.78 Å². The highest BCUT2D eigenvalue weighted by Crippen LogP contribution is 2.27. The molecule has 0 saturated carbocycles. The molecule has 5 nitrogen and oxygen atoms in total. The number of rotatable bonds is 7. The molecule has 1 aliphatic rings. The molecule has 1 aromatic carbocycles. The van der Waals surface area contributed by atoms with Gasteiger partial charge in [-0.3, -0.25) is 9.36 Å². The Kier molecular flexibility index (Phi) is 6.55. The van der Waals surface area contributed by atoms with Crippen molar-refractivity contribution in [2.75, 3.05) is 13.1 Å². The zero-order valence-electron chi connectivity index (χ0n) is 17.7. The number of nitrogens with zero attached hydrogens (tertiary/aromatic N) is 2. The van der Waals surface area contributed by atoms with Crippen molar-refractivity contribution in [3.8, 4) is 6.01 Å². The van der Waals surface area contributed by atoms with E-state index in [1.165, 1.54) is 5.56 Å². The Balaban J connectivity index is 1.77. The van der Waals surface area contributed by atoms with Gasteiger partial charge in [0.15, 0.2) is 0 Å². The Bertz CT molecular complexity index is 787. The Hall–Kier alpha value is -2.14. The molecule has 0 bridgehead atoms. The molecule has 0 amide bonds. The highest BCUT2D eigenvalue weighted by atomic mass is 16.5. The molecule has 0 radical (unpaired) electrons. The highest BCUT2D eigenvalue weighted by molar-refractivity contribution is 6.07. The summed E-state index contributed by atoms with van der Waals surface area (Å²) in [5.41, 5.74) is 2.46. The second-order valence-electron chi connectivity index (χ2n) is 8.50. The van der Waals surface area contributed by atoms with Gasteiger partial charge < -0.3 is 10.1 Å². The maximum atomic E-state index is 13.0. The number of benzene rings is 1. The van der Waals surface area contributed by atoms with Gasteiger partial charge in [-0.15, -0.1) is 0 Å². The van der Waals surface area contributed by atoms with Crippen molar-refractivity contribution in [3.63, 3.8) is 0 Å². The van der Waals surface area contributed by atoms with Crippen molar-refractivity contribution < 1.29 is 9.53 Å². The summed E-state index contributed by atoms with van der Waals surface area (Å²) in [4.78, 5) is 17.4. The number of ether oxygens (including phenoxy) is 1. The lowest BCUT2D eigenvalue weighted by Gasteiger charge is -2.33. The molecule has 152 valence electrons. The molecule has 0 spiro atoms. The fourth-order valence-corrected chi connectivity index (χ4v) is 3.95. The Labute approximate surface area is 168 Å². The first kappa shape index (κ1) is 20.6. The first-order chi connectivity index (χ1) is 13.4. The average molecular weight is 384 g/mol. The van der Waals surface area contributed by atoms with E-state index in [2.05, 4.69) is 38.0 Å². The van der Waals surface area contributed by atoms with E-state index < -0.39 is 0 Å². The van der Waals surface area contributed by atoms with Gasteiger partial charge in [-0.25, -0.2) is 4.98 Å². The maximum absolute atomic E-state index is 13.0. The van der Waals surface area contributed by atoms with E-state index in [0.717, 1.165) is 25.9 Å². The molecule has 2 aromatic rings. The minimum atomic E-state index is -0.0249. The first-order valence-electron chi connectivity index (χ1n) is 10.4. The average Bonchev–Trinajstić information content (AvgIpc) is 3.06. The molecule has 1 saturated heterocycles. The van der Waals surface area contributed by atoms with Crippen molar-refractivity contribution in [3.05, 3.63) is 47.3 Å². The molecule has 28 heavy (non-hydrogen) atoms. The van der Waals surface area contributed by atoms with Crippen LogP contribution in [0.4, 0.5) is 0 Å². The fourth-order valence-electron chi connectivity index (χ4n) is 3.95. The van der Waals surface area contributed by atoms with E-state index in [4.69, 9.17) is 4.74 Å². The van der Waals surface area contributed by atoms with Crippen molar-refractivity contribution in [2.45, 2.75) is 52.6 Å².